The third kappa shape index (κ3) is 5.52. The number of anilines is 1. The molecule has 0 atom stereocenters. The number of para-hydroxylation sites is 1. The highest BCUT2D eigenvalue weighted by molar-refractivity contribution is 9.10. The Hall–Kier alpha value is -3.38. The smallest absolute Gasteiger partial charge is 0.255 e. The number of hydrogen-bond donors (Lipinski definition) is 1. The van der Waals surface area contributed by atoms with Crippen LogP contribution >= 0.6 is 15.9 Å². The van der Waals surface area contributed by atoms with Crippen LogP contribution in [0, 0.1) is 20.8 Å². The molecule has 1 amide bonds. The normalized spacial score (nSPS) is 10.8. The van der Waals surface area contributed by atoms with Crippen LogP contribution in [0.3, 0.4) is 0 Å². The van der Waals surface area contributed by atoms with Gasteiger partial charge in [-0.2, -0.15) is 5.10 Å². The van der Waals surface area contributed by atoms with E-state index in [0.717, 1.165) is 32.9 Å². The Balaban J connectivity index is 1.46. The van der Waals surface area contributed by atoms with Gasteiger partial charge in [-0.05, 0) is 72.1 Å². The Morgan fingerprint density at radius 3 is 2.48 bits per heavy atom. The second-order valence-electron chi connectivity index (χ2n) is 8.06. The van der Waals surface area contributed by atoms with Crippen molar-refractivity contribution in [2.45, 2.75) is 33.9 Å². The molecule has 6 heteroatoms. The van der Waals surface area contributed by atoms with Crippen LogP contribution in [0.15, 0.2) is 77.3 Å². The van der Waals surface area contributed by atoms with Gasteiger partial charge in [0.15, 0.2) is 0 Å². The lowest BCUT2D eigenvalue weighted by Crippen LogP contribution is -2.14. The molecule has 33 heavy (non-hydrogen) atoms. The van der Waals surface area contributed by atoms with Crippen LogP contribution in [0.1, 0.15) is 38.4 Å². The fraction of sp³-hybridized carbons (Fsp3) is 0.185. The zero-order chi connectivity index (χ0) is 23.4. The number of ether oxygens (including phenoxy) is 1. The van der Waals surface area contributed by atoms with Gasteiger partial charge in [-0.1, -0.05) is 54.1 Å². The summed E-state index contributed by atoms with van der Waals surface area (Å²) in [4.78, 5) is 13.0. The van der Waals surface area contributed by atoms with E-state index < -0.39 is 0 Å². The fourth-order valence-corrected chi connectivity index (χ4v) is 4.01. The summed E-state index contributed by atoms with van der Waals surface area (Å²) in [6.45, 7) is 6.99. The number of benzene rings is 3. The van der Waals surface area contributed by atoms with Gasteiger partial charge >= 0.3 is 0 Å². The van der Waals surface area contributed by atoms with Crippen molar-refractivity contribution >= 4 is 27.5 Å². The molecule has 1 aromatic heterocycles. The molecular weight excluding hydrogens is 478 g/mol. The number of aromatic nitrogens is 2. The summed E-state index contributed by atoms with van der Waals surface area (Å²) in [7, 11) is 0. The van der Waals surface area contributed by atoms with Gasteiger partial charge in [0, 0.05) is 5.56 Å². The quantitative estimate of drug-likeness (QED) is 0.315. The third-order valence-corrected chi connectivity index (χ3v) is 6.15. The molecule has 0 bridgehead atoms. The molecule has 5 nitrogen and oxygen atoms in total. The molecule has 4 rings (SSSR count). The number of carbonyl (C=O) groups is 1. The first kappa shape index (κ1) is 22.8. The molecule has 168 valence electrons. The van der Waals surface area contributed by atoms with Gasteiger partial charge in [0.25, 0.3) is 5.91 Å². The van der Waals surface area contributed by atoms with Crippen LogP contribution in [0.25, 0.3) is 0 Å². The average molecular weight is 504 g/mol. The number of nitrogens with zero attached hydrogens (tertiary/aromatic N) is 2. The molecule has 0 saturated heterocycles. The predicted octanol–water partition coefficient (Wildman–Crippen LogP) is 6.45. The average Bonchev–Trinajstić information content (AvgIpc) is 3.07. The number of carbonyl (C=O) groups excluding carboxylic acids is 1. The minimum Gasteiger partial charge on any atom is -0.488 e. The molecule has 3 aromatic carbocycles. The zero-order valence-electron chi connectivity index (χ0n) is 18.9. The summed E-state index contributed by atoms with van der Waals surface area (Å²) < 4.78 is 8.71. The van der Waals surface area contributed by atoms with Crippen molar-refractivity contribution in [3.8, 4) is 5.75 Å². The van der Waals surface area contributed by atoms with Crippen molar-refractivity contribution < 1.29 is 9.53 Å². The topological polar surface area (TPSA) is 56.2 Å². The molecular formula is C27H26BrN3O2. The summed E-state index contributed by atoms with van der Waals surface area (Å²) in [5.74, 6) is 0.596. The van der Waals surface area contributed by atoms with Crippen LogP contribution in [-0.2, 0) is 13.2 Å². The molecule has 0 spiro atoms. The fourth-order valence-electron chi connectivity index (χ4n) is 3.61. The second kappa shape index (κ2) is 10.0. The van der Waals surface area contributed by atoms with E-state index in [0.29, 0.717) is 18.7 Å². The summed E-state index contributed by atoms with van der Waals surface area (Å²) >= 11 is 3.49. The molecule has 0 unspecified atom stereocenters. The van der Waals surface area contributed by atoms with Crippen molar-refractivity contribution in [2.24, 2.45) is 0 Å². The van der Waals surface area contributed by atoms with Crippen LogP contribution < -0.4 is 10.1 Å². The number of halogens is 1. The van der Waals surface area contributed by atoms with Crippen molar-refractivity contribution in [2.75, 3.05) is 5.32 Å². The van der Waals surface area contributed by atoms with Gasteiger partial charge in [0.2, 0.25) is 0 Å². The molecule has 1 N–H and O–H groups in total. The zero-order valence-corrected chi connectivity index (χ0v) is 20.5. The van der Waals surface area contributed by atoms with E-state index in [2.05, 4.69) is 57.5 Å². The van der Waals surface area contributed by atoms with Crippen molar-refractivity contribution in [3.05, 3.63) is 111 Å². The number of rotatable bonds is 7. The first-order chi connectivity index (χ1) is 15.9. The molecule has 4 aromatic rings. The lowest BCUT2D eigenvalue weighted by molar-refractivity contribution is 0.102. The lowest BCUT2D eigenvalue weighted by atomic mass is 10.1. The monoisotopic (exact) mass is 503 g/mol. The van der Waals surface area contributed by atoms with Gasteiger partial charge in [0.1, 0.15) is 12.4 Å². The first-order valence-corrected chi connectivity index (χ1v) is 11.6. The Bertz CT molecular complexity index is 1280. The minimum absolute atomic E-state index is 0.168. The highest BCUT2D eigenvalue weighted by Crippen LogP contribution is 2.25. The molecule has 0 radical (unpaired) electrons. The van der Waals surface area contributed by atoms with Crippen molar-refractivity contribution in [3.63, 3.8) is 0 Å². The predicted molar refractivity (Wildman–Crippen MR) is 135 cm³/mol. The van der Waals surface area contributed by atoms with Gasteiger partial charge < -0.3 is 10.1 Å². The van der Waals surface area contributed by atoms with E-state index in [1.165, 1.54) is 11.1 Å². The highest BCUT2D eigenvalue weighted by Gasteiger charge is 2.16. The van der Waals surface area contributed by atoms with E-state index in [1.54, 1.807) is 6.07 Å². The molecule has 0 saturated carbocycles. The Kier molecular flexibility index (Phi) is 6.94. The highest BCUT2D eigenvalue weighted by atomic mass is 79.9. The van der Waals surface area contributed by atoms with Gasteiger partial charge in [-0.25, -0.2) is 0 Å². The maximum atomic E-state index is 13.0. The maximum Gasteiger partial charge on any atom is 0.255 e. The van der Waals surface area contributed by atoms with Crippen LogP contribution in [0.5, 0.6) is 5.75 Å². The van der Waals surface area contributed by atoms with E-state index in [-0.39, 0.29) is 5.91 Å². The third-order valence-electron chi connectivity index (χ3n) is 5.49. The Morgan fingerprint density at radius 2 is 1.73 bits per heavy atom. The molecule has 0 aliphatic heterocycles. The largest absolute Gasteiger partial charge is 0.488 e. The van der Waals surface area contributed by atoms with Crippen molar-refractivity contribution in [1.82, 2.24) is 9.78 Å². The molecule has 0 aliphatic carbocycles. The lowest BCUT2D eigenvalue weighted by Gasteiger charge is -2.10. The summed E-state index contributed by atoms with van der Waals surface area (Å²) in [5, 5.41) is 7.69. The Labute approximate surface area is 202 Å². The number of amides is 1. The van der Waals surface area contributed by atoms with Crippen LogP contribution in [0.4, 0.5) is 5.69 Å². The van der Waals surface area contributed by atoms with Gasteiger partial charge in [-0.15, -0.1) is 0 Å². The second-order valence-corrected chi connectivity index (χ2v) is 8.92. The standard InChI is InChI=1S/C27H26BrN3O2/c1-18-11-13-21(14-12-18)16-31-20(3)26(19(2)30-31)29-27(32)23-8-6-7-22(15-23)17-33-25-10-5-4-9-24(25)28/h4-15H,16-17H2,1-3H3,(H,29,32). The van der Waals surface area contributed by atoms with E-state index in [1.807, 2.05) is 61.0 Å². The summed E-state index contributed by atoms with van der Waals surface area (Å²) in [6.07, 6.45) is 0. The minimum atomic E-state index is -0.168. The number of hydrogen-bond acceptors (Lipinski definition) is 3. The van der Waals surface area contributed by atoms with E-state index >= 15 is 0 Å². The Morgan fingerprint density at radius 1 is 0.970 bits per heavy atom. The van der Waals surface area contributed by atoms with Crippen molar-refractivity contribution in [1.29, 1.82) is 0 Å². The number of aryl methyl sites for hydroxylation is 2. The summed E-state index contributed by atoms with van der Waals surface area (Å²) in [5.41, 5.74) is 6.36. The maximum absolute atomic E-state index is 13.0. The van der Waals surface area contributed by atoms with E-state index in [4.69, 9.17) is 4.74 Å². The first-order valence-electron chi connectivity index (χ1n) is 10.8. The summed E-state index contributed by atoms with van der Waals surface area (Å²) in [6, 6.07) is 23.6. The van der Waals surface area contributed by atoms with E-state index in [9.17, 15) is 4.79 Å². The molecule has 1 heterocycles. The van der Waals surface area contributed by atoms with Crippen LogP contribution in [0.2, 0.25) is 0 Å². The molecule has 0 aliphatic rings. The van der Waals surface area contributed by atoms with Gasteiger partial charge in [0.05, 0.1) is 28.1 Å². The SMILES string of the molecule is Cc1ccc(Cn2nc(C)c(NC(=O)c3cccc(COc4ccccc4Br)c3)c2C)cc1. The number of nitrogens with one attached hydrogen (secondary N) is 1. The molecule has 0 fully saturated rings. The van der Waals surface area contributed by atoms with Crippen LogP contribution in [-0.4, -0.2) is 15.7 Å². The van der Waals surface area contributed by atoms with Gasteiger partial charge in [-0.3, -0.25) is 9.48 Å².